The molecule has 4 aromatic rings. The van der Waals surface area contributed by atoms with Gasteiger partial charge in [0.25, 0.3) is 5.56 Å². The van der Waals surface area contributed by atoms with E-state index in [9.17, 15) is 9.90 Å². The molecule has 4 heterocycles. The van der Waals surface area contributed by atoms with E-state index < -0.39 is 0 Å². The Labute approximate surface area is 148 Å². The number of hydrogen-bond donors (Lipinski definition) is 2. The minimum atomic E-state index is -0.0778. The van der Waals surface area contributed by atoms with Crippen LogP contribution in [0.4, 0.5) is 0 Å². The Morgan fingerprint density at radius 3 is 2.96 bits per heavy atom. The van der Waals surface area contributed by atoms with Crippen LogP contribution < -0.4 is 5.56 Å². The van der Waals surface area contributed by atoms with Crippen molar-refractivity contribution in [1.82, 2.24) is 29.4 Å². The first-order valence-corrected chi connectivity index (χ1v) is 8.33. The van der Waals surface area contributed by atoms with E-state index in [1.165, 1.54) is 4.52 Å². The molecule has 0 fully saturated rings. The monoisotopic (exact) mass is 350 g/mol. The number of nitrogens with zero attached hydrogens (tertiary/aromatic N) is 5. The van der Waals surface area contributed by atoms with E-state index in [0.29, 0.717) is 23.4 Å². The quantitative estimate of drug-likeness (QED) is 0.583. The second kappa shape index (κ2) is 6.23. The van der Waals surface area contributed by atoms with Gasteiger partial charge >= 0.3 is 0 Å². The number of hydrogen-bond acceptors (Lipinski definition) is 5. The molecule has 0 saturated heterocycles. The summed E-state index contributed by atoms with van der Waals surface area (Å²) in [4.78, 5) is 21.4. The summed E-state index contributed by atoms with van der Waals surface area (Å²) in [5.74, 6) is 0.609. The summed E-state index contributed by atoms with van der Waals surface area (Å²) < 4.78 is 3.09. The molecule has 0 atom stereocenters. The van der Waals surface area contributed by atoms with Crippen LogP contribution in [0.15, 0.2) is 41.7 Å². The predicted octanol–water partition coefficient (Wildman–Crippen LogP) is 1.63. The van der Waals surface area contributed by atoms with Crippen molar-refractivity contribution in [1.29, 1.82) is 0 Å². The topological polar surface area (TPSA) is 101 Å². The zero-order valence-corrected chi connectivity index (χ0v) is 14.5. The van der Waals surface area contributed by atoms with Gasteiger partial charge < -0.3 is 5.11 Å². The molecule has 0 radical (unpaired) electrons. The summed E-state index contributed by atoms with van der Waals surface area (Å²) in [5, 5.41) is 16.6. The second-order valence-electron chi connectivity index (χ2n) is 6.03. The van der Waals surface area contributed by atoms with Crippen LogP contribution in [0.25, 0.3) is 22.6 Å². The van der Waals surface area contributed by atoms with Crippen molar-refractivity contribution in [2.24, 2.45) is 0 Å². The van der Waals surface area contributed by atoms with E-state index in [4.69, 9.17) is 0 Å². The molecule has 0 aliphatic rings. The largest absolute Gasteiger partial charge is 0.392 e. The van der Waals surface area contributed by atoms with Crippen molar-refractivity contribution >= 4 is 5.65 Å². The molecule has 2 N–H and O–H groups in total. The summed E-state index contributed by atoms with van der Waals surface area (Å²) >= 11 is 0. The van der Waals surface area contributed by atoms with Crippen LogP contribution in [0, 0.1) is 6.92 Å². The van der Waals surface area contributed by atoms with Gasteiger partial charge in [0, 0.05) is 41.0 Å². The van der Waals surface area contributed by atoms with E-state index in [0.717, 1.165) is 22.4 Å². The van der Waals surface area contributed by atoms with Gasteiger partial charge in [0.05, 0.1) is 12.8 Å². The number of rotatable bonds is 4. The maximum absolute atomic E-state index is 12.6. The zero-order chi connectivity index (χ0) is 18.3. The fraction of sp³-hybridized carbons (Fsp3) is 0.222. The van der Waals surface area contributed by atoms with Crippen molar-refractivity contribution in [3.05, 3.63) is 64.1 Å². The lowest BCUT2D eigenvalue weighted by molar-refractivity contribution is 0.281. The number of H-pyrrole nitrogens is 1. The molecule has 26 heavy (non-hydrogen) atoms. The van der Waals surface area contributed by atoms with Crippen LogP contribution in [-0.4, -0.2) is 34.5 Å². The molecule has 0 amide bonds. The lowest BCUT2D eigenvalue weighted by Gasteiger charge is -2.03. The van der Waals surface area contributed by atoms with Crippen LogP contribution in [-0.2, 0) is 13.0 Å². The van der Waals surface area contributed by atoms with E-state index >= 15 is 0 Å². The van der Waals surface area contributed by atoms with E-state index in [1.807, 2.05) is 20.0 Å². The van der Waals surface area contributed by atoms with Gasteiger partial charge in [-0.3, -0.25) is 9.89 Å². The minimum Gasteiger partial charge on any atom is -0.392 e. The maximum atomic E-state index is 12.6. The zero-order valence-electron chi connectivity index (χ0n) is 14.5. The number of aliphatic hydroxyl groups excluding tert-OH is 1. The summed E-state index contributed by atoms with van der Waals surface area (Å²) in [6.07, 6.45) is 7.54. The SMILES string of the molecule is CCc1c(C)nc2c(-c3cnn(-c4cc(CO)ccn4)c3)c[nH]n2c1=O. The number of pyridine rings is 1. The highest BCUT2D eigenvalue weighted by Gasteiger charge is 2.15. The molecule has 4 rings (SSSR count). The van der Waals surface area contributed by atoms with Gasteiger partial charge in [0.1, 0.15) is 0 Å². The first-order chi connectivity index (χ1) is 12.6. The van der Waals surface area contributed by atoms with Gasteiger partial charge in [-0.15, -0.1) is 0 Å². The number of aryl methyl sites for hydroxylation is 1. The minimum absolute atomic E-state index is 0.0576. The smallest absolute Gasteiger partial charge is 0.276 e. The molecule has 0 unspecified atom stereocenters. The van der Waals surface area contributed by atoms with Gasteiger partial charge in [-0.25, -0.2) is 19.2 Å². The van der Waals surface area contributed by atoms with Gasteiger partial charge in [-0.2, -0.15) is 5.10 Å². The number of aromatic amines is 1. The lowest BCUT2D eigenvalue weighted by Crippen LogP contribution is -2.21. The maximum Gasteiger partial charge on any atom is 0.276 e. The molecule has 0 aliphatic heterocycles. The van der Waals surface area contributed by atoms with E-state index in [1.54, 1.807) is 35.4 Å². The summed E-state index contributed by atoms with van der Waals surface area (Å²) in [6, 6.07) is 3.52. The third kappa shape index (κ3) is 2.51. The van der Waals surface area contributed by atoms with Crippen molar-refractivity contribution in [3.63, 3.8) is 0 Å². The Morgan fingerprint density at radius 1 is 1.35 bits per heavy atom. The Bertz CT molecular complexity index is 1150. The Balaban J connectivity index is 1.82. The third-order valence-electron chi connectivity index (χ3n) is 4.44. The van der Waals surface area contributed by atoms with Crippen LogP contribution in [0.1, 0.15) is 23.7 Å². The molecule has 0 spiro atoms. The number of aliphatic hydroxyl groups is 1. The molecule has 0 aromatic carbocycles. The average molecular weight is 350 g/mol. The Kier molecular flexibility index (Phi) is 3.89. The average Bonchev–Trinajstić information content (AvgIpc) is 3.29. The first kappa shape index (κ1) is 16.2. The number of nitrogens with one attached hydrogen (secondary N) is 1. The van der Waals surface area contributed by atoms with Gasteiger partial charge in [-0.05, 0) is 31.0 Å². The fourth-order valence-corrected chi connectivity index (χ4v) is 3.05. The molecular weight excluding hydrogens is 332 g/mol. The first-order valence-electron chi connectivity index (χ1n) is 8.33. The van der Waals surface area contributed by atoms with Crippen LogP contribution in [0.3, 0.4) is 0 Å². The highest BCUT2D eigenvalue weighted by atomic mass is 16.3. The summed E-state index contributed by atoms with van der Waals surface area (Å²) in [7, 11) is 0. The predicted molar refractivity (Wildman–Crippen MR) is 96.2 cm³/mol. The molecule has 0 saturated carbocycles. The van der Waals surface area contributed by atoms with Crippen molar-refractivity contribution in [2.75, 3.05) is 0 Å². The molecule has 132 valence electrons. The lowest BCUT2D eigenvalue weighted by atomic mass is 10.1. The van der Waals surface area contributed by atoms with Crippen LogP contribution in [0.2, 0.25) is 0 Å². The molecule has 8 heteroatoms. The normalized spacial score (nSPS) is 11.3. The molecule has 0 bridgehead atoms. The summed E-state index contributed by atoms with van der Waals surface area (Å²) in [5.41, 5.74) is 4.30. The number of aromatic nitrogens is 6. The molecule has 4 aromatic heterocycles. The van der Waals surface area contributed by atoms with Gasteiger partial charge in [0.2, 0.25) is 0 Å². The molecular formula is C18H18N6O2. The van der Waals surface area contributed by atoms with Crippen molar-refractivity contribution < 1.29 is 5.11 Å². The highest BCUT2D eigenvalue weighted by Crippen LogP contribution is 2.23. The van der Waals surface area contributed by atoms with Gasteiger partial charge in [0.15, 0.2) is 11.5 Å². The van der Waals surface area contributed by atoms with E-state index in [-0.39, 0.29) is 12.2 Å². The Hall–Kier alpha value is -3.26. The van der Waals surface area contributed by atoms with E-state index in [2.05, 4.69) is 20.2 Å². The standard InChI is InChI=1S/C18H18N6O2/c1-3-14-11(2)22-17-15(8-21-24(17)18(14)26)13-7-20-23(9-13)16-6-12(10-25)4-5-19-16/h4-9,21,25H,3,10H2,1-2H3. The Morgan fingerprint density at radius 2 is 2.19 bits per heavy atom. The van der Waals surface area contributed by atoms with Crippen LogP contribution >= 0.6 is 0 Å². The highest BCUT2D eigenvalue weighted by molar-refractivity contribution is 5.76. The second-order valence-corrected chi connectivity index (χ2v) is 6.03. The van der Waals surface area contributed by atoms with Crippen LogP contribution in [0.5, 0.6) is 0 Å². The third-order valence-corrected chi connectivity index (χ3v) is 4.44. The molecule has 0 aliphatic carbocycles. The summed E-state index contributed by atoms with van der Waals surface area (Å²) in [6.45, 7) is 3.74. The van der Waals surface area contributed by atoms with Crippen molar-refractivity contribution in [3.8, 4) is 16.9 Å². The van der Waals surface area contributed by atoms with Crippen molar-refractivity contribution in [2.45, 2.75) is 26.9 Å². The number of fused-ring (bicyclic) bond motifs is 1. The fourth-order valence-electron chi connectivity index (χ4n) is 3.05. The molecule has 8 nitrogen and oxygen atoms in total. The van der Waals surface area contributed by atoms with Gasteiger partial charge in [-0.1, -0.05) is 6.92 Å².